The molecule has 82 valence electrons. The first-order chi connectivity index (χ1) is 6.99. The average Bonchev–Trinajstić information content (AvgIpc) is 2.10. The van der Waals surface area contributed by atoms with Crippen molar-refractivity contribution in [1.29, 1.82) is 0 Å². The zero-order valence-electron chi connectivity index (χ0n) is 8.38. The zero-order chi connectivity index (χ0) is 11.4. The second-order valence-corrected chi connectivity index (χ2v) is 3.21. The SMILES string of the molecule is CC(C)OC(=O)Nc1ccc(F)c(F)c1. The summed E-state index contributed by atoms with van der Waals surface area (Å²) in [5, 5.41) is 2.27. The quantitative estimate of drug-likeness (QED) is 0.823. The van der Waals surface area contributed by atoms with Crippen LogP contribution < -0.4 is 5.32 Å². The summed E-state index contributed by atoms with van der Waals surface area (Å²) in [6.45, 7) is 3.37. The number of anilines is 1. The lowest BCUT2D eigenvalue weighted by Gasteiger charge is -2.09. The fraction of sp³-hybridized carbons (Fsp3) is 0.300. The predicted molar refractivity (Wildman–Crippen MR) is 51.6 cm³/mol. The predicted octanol–water partition coefficient (Wildman–Crippen LogP) is 2.92. The van der Waals surface area contributed by atoms with Crippen molar-refractivity contribution in [2.24, 2.45) is 0 Å². The molecule has 1 aromatic carbocycles. The number of rotatable bonds is 2. The second-order valence-electron chi connectivity index (χ2n) is 3.21. The Labute approximate surface area is 86.0 Å². The highest BCUT2D eigenvalue weighted by atomic mass is 19.2. The minimum atomic E-state index is -1.02. The number of hydrogen-bond donors (Lipinski definition) is 1. The Morgan fingerprint density at radius 1 is 1.33 bits per heavy atom. The summed E-state index contributed by atoms with van der Waals surface area (Å²) in [6, 6.07) is 3.07. The number of nitrogens with one attached hydrogen (secondary N) is 1. The minimum absolute atomic E-state index is 0.152. The number of hydrogen-bond acceptors (Lipinski definition) is 2. The van der Waals surface area contributed by atoms with Crippen LogP contribution in [0.3, 0.4) is 0 Å². The Hall–Kier alpha value is -1.65. The third-order valence-corrected chi connectivity index (χ3v) is 1.51. The summed E-state index contributed by atoms with van der Waals surface area (Å²) < 4.78 is 30.0. The lowest BCUT2D eigenvalue weighted by atomic mass is 10.3. The van der Waals surface area contributed by atoms with Gasteiger partial charge in [-0.1, -0.05) is 0 Å². The Kier molecular flexibility index (Phi) is 3.60. The lowest BCUT2D eigenvalue weighted by molar-refractivity contribution is 0.130. The van der Waals surface area contributed by atoms with Crippen molar-refractivity contribution in [1.82, 2.24) is 0 Å². The molecule has 0 radical (unpaired) electrons. The third kappa shape index (κ3) is 3.53. The van der Waals surface area contributed by atoms with Crippen LogP contribution in [0.2, 0.25) is 0 Å². The van der Waals surface area contributed by atoms with E-state index in [9.17, 15) is 13.6 Å². The van der Waals surface area contributed by atoms with E-state index in [1.54, 1.807) is 13.8 Å². The molecule has 15 heavy (non-hydrogen) atoms. The molecule has 0 aromatic heterocycles. The smallest absolute Gasteiger partial charge is 0.411 e. The molecule has 0 saturated heterocycles. The molecule has 0 heterocycles. The first-order valence-corrected chi connectivity index (χ1v) is 4.41. The Balaban J connectivity index is 2.65. The monoisotopic (exact) mass is 215 g/mol. The summed E-state index contributed by atoms with van der Waals surface area (Å²) in [4.78, 5) is 11.1. The van der Waals surface area contributed by atoms with Gasteiger partial charge in [0.1, 0.15) is 0 Å². The van der Waals surface area contributed by atoms with Gasteiger partial charge in [-0.15, -0.1) is 0 Å². The lowest BCUT2D eigenvalue weighted by Crippen LogP contribution is -2.18. The standard InChI is InChI=1S/C10H11F2NO2/c1-6(2)15-10(14)13-7-3-4-8(11)9(12)5-7/h3-6H,1-2H3,(H,13,14). The molecular formula is C10H11F2NO2. The molecule has 0 aliphatic heterocycles. The van der Waals surface area contributed by atoms with E-state index >= 15 is 0 Å². The van der Waals surface area contributed by atoms with Crippen molar-refractivity contribution in [3.05, 3.63) is 29.8 Å². The number of carbonyl (C=O) groups is 1. The molecule has 1 aromatic rings. The first kappa shape index (κ1) is 11.4. The molecule has 1 rings (SSSR count). The minimum Gasteiger partial charge on any atom is -0.447 e. The van der Waals surface area contributed by atoms with Crippen LogP contribution in [0, 0.1) is 11.6 Å². The topological polar surface area (TPSA) is 38.3 Å². The summed E-state index contributed by atoms with van der Waals surface area (Å²) in [6.07, 6.45) is -0.966. The van der Waals surface area contributed by atoms with Gasteiger partial charge in [-0.25, -0.2) is 13.6 Å². The van der Waals surface area contributed by atoms with Gasteiger partial charge in [-0.05, 0) is 26.0 Å². The zero-order valence-corrected chi connectivity index (χ0v) is 8.38. The molecule has 0 saturated carbocycles. The Bertz CT molecular complexity index is 366. The van der Waals surface area contributed by atoms with Crippen LogP contribution in [-0.4, -0.2) is 12.2 Å². The van der Waals surface area contributed by atoms with Crippen molar-refractivity contribution in [3.8, 4) is 0 Å². The van der Waals surface area contributed by atoms with Crippen LogP contribution in [0.1, 0.15) is 13.8 Å². The first-order valence-electron chi connectivity index (χ1n) is 4.41. The van der Waals surface area contributed by atoms with Gasteiger partial charge in [0.2, 0.25) is 0 Å². The van der Waals surface area contributed by atoms with Gasteiger partial charge >= 0.3 is 6.09 Å². The van der Waals surface area contributed by atoms with E-state index in [0.29, 0.717) is 0 Å². The van der Waals surface area contributed by atoms with Crippen molar-refractivity contribution in [3.63, 3.8) is 0 Å². The number of carbonyl (C=O) groups excluding carboxylic acids is 1. The molecule has 0 aliphatic rings. The van der Waals surface area contributed by atoms with Gasteiger partial charge in [-0.2, -0.15) is 0 Å². The van der Waals surface area contributed by atoms with Gasteiger partial charge < -0.3 is 4.74 Å². The molecule has 1 N–H and O–H groups in total. The number of ether oxygens (including phenoxy) is 1. The molecule has 0 atom stereocenters. The number of benzene rings is 1. The van der Waals surface area contributed by atoms with Gasteiger partial charge in [0.15, 0.2) is 11.6 Å². The normalized spacial score (nSPS) is 10.2. The van der Waals surface area contributed by atoms with Crippen LogP contribution in [0.5, 0.6) is 0 Å². The van der Waals surface area contributed by atoms with E-state index in [1.165, 1.54) is 6.07 Å². The number of amides is 1. The molecule has 0 bridgehead atoms. The van der Waals surface area contributed by atoms with Gasteiger partial charge in [0, 0.05) is 11.8 Å². The molecule has 0 spiro atoms. The molecule has 3 nitrogen and oxygen atoms in total. The largest absolute Gasteiger partial charge is 0.447 e. The second kappa shape index (κ2) is 4.72. The van der Waals surface area contributed by atoms with Gasteiger partial charge in [0.05, 0.1) is 6.10 Å². The van der Waals surface area contributed by atoms with E-state index in [-0.39, 0.29) is 11.8 Å². The van der Waals surface area contributed by atoms with E-state index in [4.69, 9.17) is 4.74 Å². The van der Waals surface area contributed by atoms with Crippen LogP contribution in [0.15, 0.2) is 18.2 Å². The fourth-order valence-corrected chi connectivity index (χ4v) is 0.935. The average molecular weight is 215 g/mol. The van der Waals surface area contributed by atoms with Crippen molar-refractivity contribution in [2.45, 2.75) is 20.0 Å². The van der Waals surface area contributed by atoms with Crippen molar-refractivity contribution in [2.75, 3.05) is 5.32 Å². The van der Waals surface area contributed by atoms with Crippen LogP contribution in [-0.2, 0) is 4.74 Å². The van der Waals surface area contributed by atoms with E-state index in [0.717, 1.165) is 12.1 Å². The summed E-state index contributed by atoms with van der Waals surface area (Å²) in [5.41, 5.74) is 0.152. The highest BCUT2D eigenvalue weighted by molar-refractivity contribution is 5.84. The molecular weight excluding hydrogens is 204 g/mol. The Morgan fingerprint density at radius 2 is 2.00 bits per heavy atom. The van der Waals surface area contributed by atoms with Gasteiger partial charge in [-0.3, -0.25) is 5.32 Å². The molecule has 1 amide bonds. The molecule has 0 unspecified atom stereocenters. The maximum atomic E-state index is 12.7. The van der Waals surface area contributed by atoms with Crippen LogP contribution in [0.25, 0.3) is 0 Å². The maximum absolute atomic E-state index is 12.7. The summed E-state index contributed by atoms with van der Waals surface area (Å²) >= 11 is 0. The van der Waals surface area contributed by atoms with E-state index < -0.39 is 17.7 Å². The fourth-order valence-electron chi connectivity index (χ4n) is 0.935. The summed E-state index contributed by atoms with van der Waals surface area (Å²) in [7, 11) is 0. The highest BCUT2D eigenvalue weighted by Gasteiger charge is 2.07. The van der Waals surface area contributed by atoms with Crippen LogP contribution in [0.4, 0.5) is 19.3 Å². The highest BCUT2D eigenvalue weighted by Crippen LogP contribution is 2.13. The third-order valence-electron chi connectivity index (χ3n) is 1.51. The van der Waals surface area contributed by atoms with Crippen molar-refractivity contribution >= 4 is 11.8 Å². The van der Waals surface area contributed by atoms with Gasteiger partial charge in [0.25, 0.3) is 0 Å². The molecule has 0 aliphatic carbocycles. The van der Waals surface area contributed by atoms with E-state index in [2.05, 4.69) is 5.32 Å². The molecule has 5 heteroatoms. The molecule has 0 fully saturated rings. The van der Waals surface area contributed by atoms with Crippen LogP contribution >= 0.6 is 0 Å². The van der Waals surface area contributed by atoms with Crippen molar-refractivity contribution < 1.29 is 18.3 Å². The number of halogens is 2. The summed E-state index contributed by atoms with van der Waals surface area (Å²) in [5.74, 6) is -1.98. The Morgan fingerprint density at radius 3 is 2.53 bits per heavy atom. The van der Waals surface area contributed by atoms with E-state index in [1.807, 2.05) is 0 Å². The maximum Gasteiger partial charge on any atom is 0.411 e.